The van der Waals surface area contributed by atoms with Crippen molar-refractivity contribution >= 4 is 21.6 Å². The van der Waals surface area contributed by atoms with Gasteiger partial charge in [-0.3, -0.25) is 10.1 Å². The first-order valence-electron chi connectivity index (χ1n) is 6.59. The van der Waals surface area contributed by atoms with Gasteiger partial charge in [0, 0.05) is 27.7 Å². The lowest BCUT2D eigenvalue weighted by molar-refractivity contribution is -0.385. The van der Waals surface area contributed by atoms with Crippen molar-refractivity contribution < 1.29 is 32.0 Å². The summed E-state index contributed by atoms with van der Waals surface area (Å²) in [6.45, 7) is 0. The van der Waals surface area contributed by atoms with E-state index in [0.717, 1.165) is 30.3 Å². The molecule has 0 heterocycles. The number of alkyl halides is 5. The van der Waals surface area contributed by atoms with Gasteiger partial charge in [-0.15, -0.1) is 0 Å². The van der Waals surface area contributed by atoms with Crippen LogP contribution in [0.3, 0.4) is 0 Å². The first-order valence-corrected chi connectivity index (χ1v) is 7.39. The van der Waals surface area contributed by atoms with Gasteiger partial charge in [0.25, 0.3) is 5.69 Å². The number of hydrogen-bond donors (Lipinski definition) is 1. The summed E-state index contributed by atoms with van der Waals surface area (Å²) in [5.41, 5.74) is -6.35. The van der Waals surface area contributed by atoms with E-state index in [-0.39, 0.29) is 4.47 Å². The van der Waals surface area contributed by atoms with Gasteiger partial charge in [0.15, 0.2) is 5.60 Å². The molecule has 0 spiro atoms. The van der Waals surface area contributed by atoms with Crippen molar-refractivity contribution in [3.05, 3.63) is 74.2 Å². The molecule has 0 fully saturated rings. The lowest BCUT2D eigenvalue weighted by Gasteiger charge is -2.38. The van der Waals surface area contributed by atoms with E-state index in [0.29, 0.717) is 6.07 Å². The molecule has 1 unspecified atom stereocenters. The second-order valence-corrected chi connectivity index (χ2v) is 5.92. The van der Waals surface area contributed by atoms with Gasteiger partial charge in [0.2, 0.25) is 0 Å². The summed E-state index contributed by atoms with van der Waals surface area (Å²) in [6, 6.07) is 7.65. The minimum atomic E-state index is -6.11. The molecule has 4 nitrogen and oxygen atoms in total. The fourth-order valence-corrected chi connectivity index (χ4v) is 2.88. The maximum atomic E-state index is 14.3. The molecule has 0 aliphatic heterocycles. The van der Waals surface area contributed by atoms with Crippen molar-refractivity contribution in [2.75, 3.05) is 0 Å². The van der Waals surface area contributed by atoms with E-state index in [1.807, 2.05) is 0 Å². The van der Waals surface area contributed by atoms with E-state index in [1.54, 1.807) is 0 Å². The van der Waals surface area contributed by atoms with Crippen molar-refractivity contribution in [1.82, 2.24) is 0 Å². The van der Waals surface area contributed by atoms with Gasteiger partial charge in [-0.05, 0) is 6.07 Å². The summed E-state index contributed by atoms with van der Waals surface area (Å²) in [5.74, 6) is -5.63. The molecule has 0 aliphatic rings. The number of aliphatic hydroxyl groups is 1. The Morgan fingerprint density at radius 3 is 2.12 bits per heavy atom. The summed E-state index contributed by atoms with van der Waals surface area (Å²) in [7, 11) is 0. The molecule has 0 aliphatic carbocycles. The van der Waals surface area contributed by atoms with Crippen LogP contribution in [-0.4, -0.2) is 22.1 Å². The second kappa shape index (κ2) is 6.34. The highest BCUT2D eigenvalue weighted by Gasteiger charge is 2.71. The monoisotopic (exact) mass is 425 g/mol. The van der Waals surface area contributed by atoms with Crippen LogP contribution in [0.4, 0.5) is 27.6 Å². The topological polar surface area (TPSA) is 63.4 Å². The summed E-state index contributed by atoms with van der Waals surface area (Å²) in [5, 5.41) is 21.4. The van der Waals surface area contributed by atoms with Gasteiger partial charge in [-0.25, -0.2) is 0 Å². The summed E-state index contributed by atoms with van der Waals surface area (Å²) in [4.78, 5) is 9.87. The number of benzene rings is 2. The number of rotatable bonds is 4. The number of hydrogen-bond acceptors (Lipinski definition) is 3. The normalized spacial score (nSPS) is 14.8. The molecule has 1 atom stereocenters. The quantitative estimate of drug-likeness (QED) is 0.435. The van der Waals surface area contributed by atoms with E-state index < -0.39 is 39.4 Å². The molecule has 2 rings (SSSR count). The third-order valence-electron chi connectivity index (χ3n) is 3.55. The Balaban J connectivity index is 2.85. The third-order valence-corrected chi connectivity index (χ3v) is 4.24. The van der Waals surface area contributed by atoms with Crippen LogP contribution >= 0.6 is 15.9 Å². The summed E-state index contributed by atoms with van der Waals surface area (Å²) in [6.07, 6.45) is -6.11. The molecule has 0 aromatic heterocycles. The van der Waals surface area contributed by atoms with Gasteiger partial charge in [0.05, 0.1) is 4.92 Å². The van der Waals surface area contributed by atoms with Gasteiger partial charge in [-0.1, -0.05) is 46.3 Å². The molecule has 0 bridgehead atoms. The lowest BCUT2D eigenvalue weighted by atomic mass is 9.80. The molecule has 0 radical (unpaired) electrons. The average Bonchev–Trinajstić information content (AvgIpc) is 2.53. The predicted octanol–water partition coefficient (Wildman–Crippen LogP) is 4.79. The largest absolute Gasteiger partial charge is 0.457 e. The van der Waals surface area contributed by atoms with E-state index >= 15 is 0 Å². The molecule has 0 amide bonds. The van der Waals surface area contributed by atoms with Crippen LogP contribution in [0.15, 0.2) is 53.0 Å². The lowest BCUT2D eigenvalue weighted by Crippen LogP contribution is -2.55. The Morgan fingerprint density at radius 1 is 1.00 bits per heavy atom. The Bertz CT molecular complexity index is 812. The first kappa shape index (κ1) is 19.3. The minimum Gasteiger partial charge on any atom is -0.374 e. The molecule has 134 valence electrons. The van der Waals surface area contributed by atoms with E-state index in [4.69, 9.17) is 0 Å². The van der Waals surface area contributed by atoms with Gasteiger partial charge in [0.1, 0.15) is 0 Å². The van der Waals surface area contributed by atoms with Crippen molar-refractivity contribution in [2.24, 2.45) is 0 Å². The number of nitro benzene ring substituents is 1. The minimum absolute atomic E-state index is 0.215. The fourth-order valence-electron chi connectivity index (χ4n) is 2.31. The standard InChI is InChI=1S/C15H9BrF5NO3/c16-12-7-2-1-6-11(12)13(23,14(17,18)15(19,20)21)9-4-3-5-10(8-9)22(24)25/h1-8,23H. The molecule has 1 N–H and O–H groups in total. The van der Waals surface area contributed by atoms with Gasteiger partial charge < -0.3 is 5.11 Å². The summed E-state index contributed by atoms with van der Waals surface area (Å²) >= 11 is 2.84. The molecular weight excluding hydrogens is 417 g/mol. The molecular formula is C15H9BrF5NO3. The van der Waals surface area contributed by atoms with Gasteiger partial charge in [-0.2, -0.15) is 22.0 Å². The maximum Gasteiger partial charge on any atom is 0.457 e. The molecule has 25 heavy (non-hydrogen) atoms. The smallest absolute Gasteiger partial charge is 0.374 e. The van der Waals surface area contributed by atoms with Crippen LogP contribution in [0, 0.1) is 10.1 Å². The Labute approximate surface area is 146 Å². The molecule has 0 saturated heterocycles. The molecule has 10 heteroatoms. The molecule has 2 aromatic rings. The third kappa shape index (κ3) is 3.11. The zero-order valence-electron chi connectivity index (χ0n) is 12.1. The highest BCUT2D eigenvalue weighted by atomic mass is 79.9. The number of nitrogens with zero attached hydrogens (tertiary/aromatic N) is 1. The predicted molar refractivity (Wildman–Crippen MR) is 81.2 cm³/mol. The number of nitro groups is 1. The van der Waals surface area contributed by atoms with Crippen LogP contribution in [-0.2, 0) is 5.60 Å². The maximum absolute atomic E-state index is 14.3. The Kier molecular flexibility index (Phi) is 4.88. The number of halogens is 6. The SMILES string of the molecule is O=[N+]([O-])c1cccc(C(O)(c2ccccc2Br)C(F)(F)C(F)(F)F)c1. The molecule has 0 saturated carbocycles. The van der Waals surface area contributed by atoms with Crippen LogP contribution < -0.4 is 0 Å². The van der Waals surface area contributed by atoms with E-state index in [2.05, 4.69) is 15.9 Å². The average molecular weight is 426 g/mol. The van der Waals surface area contributed by atoms with E-state index in [1.165, 1.54) is 12.1 Å². The zero-order chi connectivity index (χ0) is 19.0. The highest BCUT2D eigenvalue weighted by molar-refractivity contribution is 9.10. The Hall–Kier alpha value is -2.07. The van der Waals surface area contributed by atoms with E-state index in [9.17, 15) is 37.2 Å². The zero-order valence-corrected chi connectivity index (χ0v) is 13.7. The van der Waals surface area contributed by atoms with Crippen molar-refractivity contribution in [3.8, 4) is 0 Å². The van der Waals surface area contributed by atoms with Crippen LogP contribution in [0.1, 0.15) is 11.1 Å². The van der Waals surface area contributed by atoms with Gasteiger partial charge >= 0.3 is 12.1 Å². The van der Waals surface area contributed by atoms with Crippen LogP contribution in [0.5, 0.6) is 0 Å². The molecule has 2 aromatic carbocycles. The number of non-ortho nitro benzene ring substituents is 1. The van der Waals surface area contributed by atoms with Crippen molar-refractivity contribution in [2.45, 2.75) is 17.7 Å². The first-order chi connectivity index (χ1) is 11.4. The van der Waals surface area contributed by atoms with Crippen molar-refractivity contribution in [1.29, 1.82) is 0 Å². The Morgan fingerprint density at radius 2 is 1.60 bits per heavy atom. The highest BCUT2D eigenvalue weighted by Crippen LogP contribution is 2.53. The van der Waals surface area contributed by atoms with Crippen molar-refractivity contribution in [3.63, 3.8) is 0 Å². The second-order valence-electron chi connectivity index (χ2n) is 5.07. The summed E-state index contributed by atoms with van der Waals surface area (Å²) < 4.78 is 67.5. The van der Waals surface area contributed by atoms with Crippen LogP contribution in [0.2, 0.25) is 0 Å². The fraction of sp³-hybridized carbons (Fsp3) is 0.200. The van der Waals surface area contributed by atoms with Crippen LogP contribution in [0.25, 0.3) is 0 Å².